The molecule has 1 saturated carbocycles. The summed E-state index contributed by atoms with van der Waals surface area (Å²) in [7, 11) is 0. The largest absolute Gasteiger partial charge is 0.573 e. The summed E-state index contributed by atoms with van der Waals surface area (Å²) in [5.41, 5.74) is 0.0386. The molecule has 2 nitrogen and oxygen atoms in total. The van der Waals surface area contributed by atoms with E-state index in [1.54, 1.807) is 6.07 Å². The summed E-state index contributed by atoms with van der Waals surface area (Å²) in [6.07, 6.45) is 0.810. The van der Waals surface area contributed by atoms with Crippen LogP contribution < -0.4 is 4.74 Å². The SMILES string of the molecule is O=C(c1ccccc1OC(F)(F)F)C1CCCCCC1. The van der Waals surface area contributed by atoms with E-state index >= 15 is 0 Å². The molecule has 1 aliphatic rings. The van der Waals surface area contributed by atoms with E-state index in [1.807, 2.05) is 0 Å². The van der Waals surface area contributed by atoms with Crippen molar-refractivity contribution in [3.63, 3.8) is 0 Å². The number of Topliss-reactive ketones (excluding diaryl/α,β-unsaturated/α-hetero) is 1. The minimum Gasteiger partial charge on any atom is -0.405 e. The highest BCUT2D eigenvalue weighted by atomic mass is 19.4. The Bertz CT molecular complexity index is 460. The topological polar surface area (TPSA) is 26.3 Å². The zero-order chi connectivity index (χ0) is 14.6. The van der Waals surface area contributed by atoms with Crippen LogP contribution in [0.1, 0.15) is 48.9 Å². The molecule has 0 heterocycles. The first-order valence-electron chi connectivity index (χ1n) is 6.86. The van der Waals surface area contributed by atoms with Gasteiger partial charge in [-0.2, -0.15) is 0 Å². The van der Waals surface area contributed by atoms with Crippen molar-refractivity contribution in [3.05, 3.63) is 29.8 Å². The third-order valence-electron chi connectivity index (χ3n) is 3.60. The zero-order valence-corrected chi connectivity index (χ0v) is 11.1. The monoisotopic (exact) mass is 286 g/mol. The molecule has 0 aromatic heterocycles. The second-order valence-corrected chi connectivity index (χ2v) is 5.10. The van der Waals surface area contributed by atoms with Gasteiger partial charge in [-0.15, -0.1) is 13.2 Å². The summed E-state index contributed by atoms with van der Waals surface area (Å²) in [6.45, 7) is 0. The van der Waals surface area contributed by atoms with Crippen LogP contribution in [-0.4, -0.2) is 12.1 Å². The quantitative estimate of drug-likeness (QED) is 0.592. The van der Waals surface area contributed by atoms with Crippen LogP contribution in [0.15, 0.2) is 24.3 Å². The van der Waals surface area contributed by atoms with Gasteiger partial charge in [-0.3, -0.25) is 4.79 Å². The first-order valence-corrected chi connectivity index (χ1v) is 6.86. The number of hydrogen-bond donors (Lipinski definition) is 0. The number of para-hydroxylation sites is 1. The maximum Gasteiger partial charge on any atom is 0.573 e. The van der Waals surface area contributed by atoms with Gasteiger partial charge >= 0.3 is 6.36 Å². The molecule has 0 amide bonds. The average molecular weight is 286 g/mol. The highest BCUT2D eigenvalue weighted by Crippen LogP contribution is 2.31. The minimum absolute atomic E-state index is 0.0386. The van der Waals surface area contributed by atoms with Gasteiger partial charge in [0.15, 0.2) is 5.78 Å². The molecular formula is C15H17F3O2. The molecule has 0 radical (unpaired) electrons. The van der Waals surface area contributed by atoms with E-state index in [0.717, 1.165) is 38.5 Å². The molecule has 0 spiro atoms. The molecule has 2 rings (SSSR count). The maximum atomic E-state index is 12.4. The predicted molar refractivity (Wildman–Crippen MR) is 68.6 cm³/mol. The Hall–Kier alpha value is -1.52. The highest BCUT2D eigenvalue weighted by molar-refractivity contribution is 6.00. The van der Waals surface area contributed by atoms with Gasteiger partial charge in [0.1, 0.15) is 5.75 Å². The molecule has 0 unspecified atom stereocenters. The van der Waals surface area contributed by atoms with Gasteiger partial charge in [-0.05, 0) is 25.0 Å². The summed E-state index contributed by atoms with van der Waals surface area (Å²) in [5.74, 6) is -0.809. The second-order valence-electron chi connectivity index (χ2n) is 5.10. The molecule has 1 aromatic rings. The number of halogens is 3. The summed E-state index contributed by atoms with van der Waals surface area (Å²) < 4.78 is 41.0. The summed E-state index contributed by atoms with van der Waals surface area (Å²) in [5, 5.41) is 0. The molecule has 5 heteroatoms. The van der Waals surface area contributed by atoms with E-state index in [2.05, 4.69) is 4.74 Å². The van der Waals surface area contributed by atoms with E-state index in [9.17, 15) is 18.0 Å². The number of ether oxygens (including phenoxy) is 1. The van der Waals surface area contributed by atoms with Crippen LogP contribution in [0.5, 0.6) is 5.75 Å². The molecule has 0 N–H and O–H groups in total. The van der Waals surface area contributed by atoms with Crippen LogP contribution in [0.4, 0.5) is 13.2 Å². The molecule has 0 aliphatic heterocycles. The first kappa shape index (κ1) is 14.9. The summed E-state index contributed by atoms with van der Waals surface area (Å²) >= 11 is 0. The Labute approximate surface area is 115 Å². The lowest BCUT2D eigenvalue weighted by Crippen LogP contribution is -2.21. The Kier molecular flexibility index (Phi) is 4.68. The van der Waals surface area contributed by atoms with Gasteiger partial charge in [-0.25, -0.2) is 0 Å². The molecule has 0 atom stereocenters. The Morgan fingerprint density at radius 3 is 2.25 bits per heavy atom. The second kappa shape index (κ2) is 6.29. The predicted octanol–water partition coefficient (Wildman–Crippen LogP) is 4.74. The standard InChI is InChI=1S/C15H17F3O2/c16-15(17,18)20-13-10-6-5-9-12(13)14(19)11-7-3-1-2-4-8-11/h5-6,9-11H,1-4,7-8H2. The van der Waals surface area contributed by atoms with Crippen LogP contribution in [0.2, 0.25) is 0 Å². The lowest BCUT2D eigenvalue weighted by molar-refractivity contribution is -0.274. The van der Waals surface area contributed by atoms with E-state index in [4.69, 9.17) is 0 Å². The van der Waals surface area contributed by atoms with Gasteiger partial charge in [0.05, 0.1) is 5.56 Å². The number of ketones is 1. The number of rotatable bonds is 3. The number of carbonyl (C=O) groups is 1. The fraction of sp³-hybridized carbons (Fsp3) is 0.533. The number of benzene rings is 1. The molecule has 1 aliphatic carbocycles. The lowest BCUT2D eigenvalue weighted by atomic mass is 9.90. The zero-order valence-electron chi connectivity index (χ0n) is 11.1. The normalized spacial score (nSPS) is 17.6. The smallest absolute Gasteiger partial charge is 0.405 e. The molecule has 0 bridgehead atoms. The summed E-state index contributed by atoms with van der Waals surface area (Å²) in [4.78, 5) is 12.4. The van der Waals surface area contributed by atoms with Gasteiger partial charge in [0, 0.05) is 5.92 Å². The third kappa shape index (κ3) is 3.99. The van der Waals surface area contributed by atoms with Crippen LogP contribution >= 0.6 is 0 Å². The molecule has 0 saturated heterocycles. The van der Waals surface area contributed by atoms with Crippen molar-refractivity contribution in [2.24, 2.45) is 5.92 Å². The third-order valence-corrected chi connectivity index (χ3v) is 3.60. The number of hydrogen-bond acceptors (Lipinski definition) is 2. The Balaban J connectivity index is 2.20. The molecular weight excluding hydrogens is 269 g/mol. The van der Waals surface area contributed by atoms with Crippen molar-refractivity contribution in [2.45, 2.75) is 44.9 Å². The fourth-order valence-corrected chi connectivity index (χ4v) is 2.65. The van der Waals surface area contributed by atoms with Crippen LogP contribution in [0.25, 0.3) is 0 Å². The van der Waals surface area contributed by atoms with E-state index < -0.39 is 12.1 Å². The van der Waals surface area contributed by atoms with Crippen molar-refractivity contribution in [1.29, 1.82) is 0 Å². The molecule has 20 heavy (non-hydrogen) atoms. The molecule has 110 valence electrons. The van der Waals surface area contributed by atoms with E-state index in [1.165, 1.54) is 18.2 Å². The first-order chi connectivity index (χ1) is 9.47. The van der Waals surface area contributed by atoms with Crippen molar-refractivity contribution in [1.82, 2.24) is 0 Å². The molecule has 1 aromatic carbocycles. The highest BCUT2D eigenvalue weighted by Gasteiger charge is 2.33. The fourth-order valence-electron chi connectivity index (χ4n) is 2.65. The van der Waals surface area contributed by atoms with Gasteiger partial charge in [0.2, 0.25) is 0 Å². The minimum atomic E-state index is -4.78. The Morgan fingerprint density at radius 1 is 1.05 bits per heavy atom. The van der Waals surface area contributed by atoms with Crippen molar-refractivity contribution >= 4 is 5.78 Å². The average Bonchev–Trinajstić information content (AvgIpc) is 2.65. The van der Waals surface area contributed by atoms with Gasteiger partial charge in [-0.1, -0.05) is 37.8 Å². The van der Waals surface area contributed by atoms with E-state index in [-0.39, 0.29) is 17.3 Å². The van der Waals surface area contributed by atoms with Gasteiger partial charge < -0.3 is 4.74 Å². The summed E-state index contributed by atoms with van der Waals surface area (Å²) in [6, 6.07) is 5.60. The number of alkyl halides is 3. The number of carbonyl (C=O) groups excluding carboxylic acids is 1. The lowest BCUT2D eigenvalue weighted by Gasteiger charge is -2.16. The van der Waals surface area contributed by atoms with Crippen LogP contribution in [0, 0.1) is 5.92 Å². The van der Waals surface area contributed by atoms with Crippen LogP contribution in [0.3, 0.4) is 0 Å². The van der Waals surface area contributed by atoms with Crippen molar-refractivity contribution in [3.8, 4) is 5.75 Å². The molecule has 1 fully saturated rings. The van der Waals surface area contributed by atoms with Crippen molar-refractivity contribution in [2.75, 3.05) is 0 Å². The Morgan fingerprint density at radius 2 is 1.65 bits per heavy atom. The van der Waals surface area contributed by atoms with Gasteiger partial charge in [0.25, 0.3) is 0 Å². The van der Waals surface area contributed by atoms with Crippen molar-refractivity contribution < 1.29 is 22.7 Å². The van der Waals surface area contributed by atoms with Crippen LogP contribution in [-0.2, 0) is 0 Å². The maximum absolute atomic E-state index is 12.4. The van der Waals surface area contributed by atoms with E-state index in [0.29, 0.717) is 0 Å².